The number of thiazole rings is 1. The van der Waals surface area contributed by atoms with E-state index in [0.29, 0.717) is 0 Å². The van der Waals surface area contributed by atoms with Crippen LogP contribution < -0.4 is 10.6 Å². The third kappa shape index (κ3) is 6.40. The number of ether oxygens (including phenoxy) is 1. The zero-order valence-electron chi connectivity index (χ0n) is 17.2. The lowest BCUT2D eigenvalue weighted by atomic mass is 10.0. The summed E-state index contributed by atoms with van der Waals surface area (Å²) in [5.74, 6) is 0.794. The number of nitrogens with one attached hydrogen (secondary N) is 2. The molecule has 1 aromatic carbocycles. The Balaban J connectivity index is 1.57. The molecule has 2 aromatic rings. The number of hydrogen-bond donors (Lipinski definition) is 2. The number of aromatic nitrogens is 1. The summed E-state index contributed by atoms with van der Waals surface area (Å²) < 4.78 is 5.53. The third-order valence-electron chi connectivity index (χ3n) is 5.02. The fourth-order valence-corrected chi connectivity index (χ4v) is 4.52. The summed E-state index contributed by atoms with van der Waals surface area (Å²) in [6, 6.07) is 8.24. The molecular formula is C21H30ClN5OS. The van der Waals surface area contributed by atoms with Crippen molar-refractivity contribution >= 4 is 28.9 Å². The van der Waals surface area contributed by atoms with Gasteiger partial charge >= 0.3 is 0 Å². The minimum atomic E-state index is 0.164. The number of hydrogen-bond acceptors (Lipinski definition) is 5. The molecule has 158 valence electrons. The Labute approximate surface area is 182 Å². The summed E-state index contributed by atoms with van der Waals surface area (Å²) in [6.45, 7) is 6.97. The van der Waals surface area contributed by atoms with E-state index in [-0.39, 0.29) is 6.04 Å². The summed E-state index contributed by atoms with van der Waals surface area (Å²) in [5.41, 5.74) is 1.13. The molecule has 0 saturated carbocycles. The van der Waals surface area contributed by atoms with E-state index in [1.165, 1.54) is 4.88 Å². The van der Waals surface area contributed by atoms with Crippen LogP contribution in [0.15, 0.2) is 35.5 Å². The second kappa shape index (κ2) is 11.5. The molecule has 0 bridgehead atoms. The summed E-state index contributed by atoms with van der Waals surface area (Å²) in [6.07, 6.45) is 3.91. The second-order valence-corrected chi connectivity index (χ2v) is 8.50. The van der Waals surface area contributed by atoms with E-state index in [4.69, 9.17) is 16.3 Å². The lowest BCUT2D eigenvalue weighted by molar-refractivity contribution is 0.0170. The van der Waals surface area contributed by atoms with Crippen LogP contribution >= 0.6 is 22.9 Å². The standard InChI is InChI=1S/C21H30ClN5OS/c1-3-16-14-25-20(29-16)8-9-24-21(23-2)26-15-19(27-10-12-28-13-11-27)17-6-4-5-7-18(17)22/h4-7,14,19H,3,8-13,15H2,1-2H3,(H2,23,24,26). The first-order chi connectivity index (χ1) is 14.2. The number of aliphatic imine (C=N–C) groups is 1. The van der Waals surface area contributed by atoms with Crippen LogP contribution in [-0.4, -0.2) is 62.3 Å². The molecule has 1 aromatic heterocycles. The third-order valence-corrected chi connectivity index (χ3v) is 6.56. The van der Waals surface area contributed by atoms with Crippen molar-refractivity contribution in [2.45, 2.75) is 25.8 Å². The topological polar surface area (TPSA) is 61.8 Å². The molecule has 0 spiro atoms. The highest BCUT2D eigenvalue weighted by Gasteiger charge is 2.24. The van der Waals surface area contributed by atoms with E-state index in [1.807, 2.05) is 24.4 Å². The van der Waals surface area contributed by atoms with Gasteiger partial charge in [-0.2, -0.15) is 0 Å². The van der Waals surface area contributed by atoms with Gasteiger partial charge in [0.25, 0.3) is 0 Å². The van der Waals surface area contributed by atoms with E-state index in [2.05, 4.69) is 38.5 Å². The summed E-state index contributed by atoms with van der Waals surface area (Å²) in [7, 11) is 1.80. The highest BCUT2D eigenvalue weighted by Crippen LogP contribution is 2.27. The van der Waals surface area contributed by atoms with Crippen LogP contribution in [0.2, 0.25) is 5.02 Å². The van der Waals surface area contributed by atoms with Crippen molar-refractivity contribution in [2.24, 2.45) is 4.99 Å². The van der Waals surface area contributed by atoms with Crippen molar-refractivity contribution in [3.63, 3.8) is 0 Å². The van der Waals surface area contributed by atoms with Crippen LogP contribution in [0.25, 0.3) is 0 Å². The molecule has 0 radical (unpaired) electrons. The van der Waals surface area contributed by atoms with Gasteiger partial charge in [0.2, 0.25) is 0 Å². The minimum absolute atomic E-state index is 0.164. The maximum absolute atomic E-state index is 6.52. The fourth-order valence-electron chi connectivity index (χ4n) is 3.40. The fraction of sp³-hybridized carbons (Fsp3) is 0.524. The van der Waals surface area contributed by atoms with Crippen LogP contribution in [-0.2, 0) is 17.6 Å². The molecule has 2 heterocycles. The van der Waals surface area contributed by atoms with Gasteiger partial charge in [-0.25, -0.2) is 4.98 Å². The highest BCUT2D eigenvalue weighted by atomic mass is 35.5. The predicted octanol–water partition coefficient (Wildman–Crippen LogP) is 3.14. The average molecular weight is 436 g/mol. The molecule has 6 nitrogen and oxygen atoms in total. The summed E-state index contributed by atoms with van der Waals surface area (Å²) in [4.78, 5) is 12.6. The summed E-state index contributed by atoms with van der Waals surface area (Å²) >= 11 is 8.30. The lowest BCUT2D eigenvalue weighted by Gasteiger charge is -2.35. The van der Waals surface area contributed by atoms with Crippen molar-refractivity contribution in [3.05, 3.63) is 50.9 Å². The molecule has 1 fully saturated rings. The van der Waals surface area contributed by atoms with Crippen LogP contribution in [0.3, 0.4) is 0 Å². The van der Waals surface area contributed by atoms with Crippen molar-refractivity contribution in [1.29, 1.82) is 0 Å². The number of aryl methyl sites for hydroxylation is 1. The molecular weight excluding hydrogens is 406 g/mol. The Morgan fingerprint density at radius 1 is 1.31 bits per heavy atom. The number of nitrogens with zero attached hydrogens (tertiary/aromatic N) is 3. The summed E-state index contributed by atoms with van der Waals surface area (Å²) in [5, 5.41) is 8.83. The van der Waals surface area contributed by atoms with Gasteiger partial charge < -0.3 is 15.4 Å². The Bertz CT molecular complexity index is 791. The molecule has 1 aliphatic heterocycles. The number of rotatable bonds is 8. The molecule has 3 rings (SSSR count). The van der Waals surface area contributed by atoms with Crippen molar-refractivity contribution in [2.75, 3.05) is 46.4 Å². The Morgan fingerprint density at radius 2 is 2.10 bits per heavy atom. The second-order valence-electron chi connectivity index (χ2n) is 6.89. The molecule has 1 aliphatic rings. The monoisotopic (exact) mass is 435 g/mol. The van der Waals surface area contributed by atoms with Gasteiger partial charge in [-0.1, -0.05) is 36.7 Å². The van der Waals surface area contributed by atoms with Gasteiger partial charge in [0.15, 0.2) is 5.96 Å². The number of morpholine rings is 1. The average Bonchev–Trinajstić information content (AvgIpc) is 3.22. The quantitative estimate of drug-likeness (QED) is 0.492. The minimum Gasteiger partial charge on any atom is -0.379 e. The van der Waals surface area contributed by atoms with E-state index >= 15 is 0 Å². The smallest absolute Gasteiger partial charge is 0.191 e. The van der Waals surface area contributed by atoms with Crippen LogP contribution in [0.1, 0.15) is 28.4 Å². The molecule has 8 heteroatoms. The predicted molar refractivity (Wildman–Crippen MR) is 121 cm³/mol. The Hall–Kier alpha value is -1.67. The lowest BCUT2D eigenvalue weighted by Crippen LogP contribution is -2.46. The Kier molecular flexibility index (Phi) is 8.73. The maximum atomic E-state index is 6.52. The highest BCUT2D eigenvalue weighted by molar-refractivity contribution is 7.11. The van der Waals surface area contributed by atoms with E-state index in [1.54, 1.807) is 18.4 Å². The van der Waals surface area contributed by atoms with Crippen LogP contribution in [0.4, 0.5) is 0 Å². The molecule has 1 saturated heterocycles. The van der Waals surface area contributed by atoms with E-state index in [0.717, 1.165) is 73.8 Å². The molecule has 0 amide bonds. The van der Waals surface area contributed by atoms with Gasteiger partial charge in [-0.05, 0) is 18.1 Å². The molecule has 2 N–H and O–H groups in total. The first-order valence-corrected chi connectivity index (χ1v) is 11.3. The Morgan fingerprint density at radius 3 is 2.79 bits per heavy atom. The van der Waals surface area contributed by atoms with E-state index in [9.17, 15) is 0 Å². The SMILES string of the molecule is CCc1cnc(CCNC(=NC)NCC(c2ccccc2Cl)N2CCOCC2)s1. The molecule has 0 aliphatic carbocycles. The number of benzene rings is 1. The largest absolute Gasteiger partial charge is 0.379 e. The van der Waals surface area contributed by atoms with Gasteiger partial charge in [-0.15, -0.1) is 11.3 Å². The number of guanidine groups is 1. The van der Waals surface area contributed by atoms with Crippen molar-refractivity contribution in [3.8, 4) is 0 Å². The van der Waals surface area contributed by atoms with Crippen LogP contribution in [0, 0.1) is 0 Å². The van der Waals surface area contributed by atoms with Crippen LogP contribution in [0.5, 0.6) is 0 Å². The van der Waals surface area contributed by atoms with Gasteiger partial charge in [0, 0.05) is 55.7 Å². The normalized spacial score (nSPS) is 16.6. The maximum Gasteiger partial charge on any atom is 0.191 e. The first-order valence-electron chi connectivity index (χ1n) is 10.2. The van der Waals surface area contributed by atoms with E-state index < -0.39 is 0 Å². The first kappa shape index (κ1) is 22.0. The van der Waals surface area contributed by atoms with Crippen molar-refractivity contribution in [1.82, 2.24) is 20.5 Å². The van der Waals surface area contributed by atoms with Gasteiger partial charge in [-0.3, -0.25) is 9.89 Å². The molecule has 1 unspecified atom stereocenters. The molecule has 29 heavy (non-hydrogen) atoms. The zero-order valence-corrected chi connectivity index (χ0v) is 18.7. The van der Waals surface area contributed by atoms with Gasteiger partial charge in [0.05, 0.1) is 24.3 Å². The van der Waals surface area contributed by atoms with Gasteiger partial charge in [0.1, 0.15) is 0 Å². The number of halogens is 1. The molecule has 1 atom stereocenters. The van der Waals surface area contributed by atoms with Crippen molar-refractivity contribution < 1.29 is 4.74 Å². The zero-order chi connectivity index (χ0) is 20.5.